The molecule has 0 heterocycles. The van der Waals surface area contributed by atoms with Gasteiger partial charge in [-0.1, -0.05) is 33.3 Å². The molecule has 1 rings (SSSR count). The molecule has 0 aromatic carbocycles. The lowest BCUT2D eigenvalue weighted by Crippen LogP contribution is -2.40. The van der Waals surface area contributed by atoms with E-state index in [1.165, 1.54) is 12.8 Å². The van der Waals surface area contributed by atoms with Crippen LogP contribution in [0.4, 0.5) is 0 Å². The van der Waals surface area contributed by atoms with Crippen LogP contribution in [-0.4, -0.2) is 12.5 Å². The van der Waals surface area contributed by atoms with E-state index in [1.54, 1.807) is 6.08 Å². The highest BCUT2D eigenvalue weighted by molar-refractivity contribution is 5.79. The molecule has 1 N–H and O–H groups in total. The van der Waals surface area contributed by atoms with Gasteiger partial charge in [-0.2, -0.15) is 0 Å². The van der Waals surface area contributed by atoms with Crippen LogP contribution in [0.25, 0.3) is 0 Å². The van der Waals surface area contributed by atoms with E-state index < -0.39 is 0 Å². The van der Waals surface area contributed by atoms with Crippen LogP contribution < -0.4 is 5.32 Å². The molecule has 1 fully saturated rings. The van der Waals surface area contributed by atoms with E-state index in [4.69, 9.17) is 0 Å². The maximum Gasteiger partial charge on any atom is 0.223 e. The molecule has 0 saturated heterocycles. The highest BCUT2D eigenvalue weighted by Gasteiger charge is 2.34. The Hall–Kier alpha value is -0.790. The van der Waals surface area contributed by atoms with Crippen LogP contribution in [0, 0.1) is 23.7 Å². The molecule has 0 spiro atoms. The molecule has 0 bridgehead atoms. The van der Waals surface area contributed by atoms with Crippen molar-refractivity contribution in [3.05, 3.63) is 12.7 Å². The van der Waals surface area contributed by atoms with E-state index in [-0.39, 0.29) is 11.8 Å². The van der Waals surface area contributed by atoms with Crippen LogP contribution in [0.2, 0.25) is 0 Å². The lowest BCUT2D eigenvalue weighted by Gasteiger charge is -2.36. The standard InChI is InChI=1S/C14H25NO/c1-5-8-15-14(16)13-9-11(4)6-7-12(13)10(2)3/h5,10-13H,1,6-9H2,2-4H3,(H,15,16)/t11-,12+,13+/m1/s1. The van der Waals surface area contributed by atoms with Crippen molar-refractivity contribution in [3.8, 4) is 0 Å². The van der Waals surface area contributed by atoms with Crippen molar-refractivity contribution in [2.24, 2.45) is 23.7 Å². The summed E-state index contributed by atoms with van der Waals surface area (Å²) in [5, 5.41) is 2.95. The Morgan fingerprint density at radius 1 is 1.50 bits per heavy atom. The first-order valence-corrected chi connectivity index (χ1v) is 6.44. The number of carbonyl (C=O) groups is 1. The summed E-state index contributed by atoms with van der Waals surface area (Å²) in [5.41, 5.74) is 0. The maximum absolute atomic E-state index is 12.1. The van der Waals surface area contributed by atoms with E-state index in [1.807, 2.05) is 0 Å². The minimum absolute atomic E-state index is 0.212. The first-order chi connectivity index (χ1) is 7.56. The van der Waals surface area contributed by atoms with Gasteiger partial charge in [-0.05, 0) is 30.6 Å². The molecule has 1 amide bonds. The van der Waals surface area contributed by atoms with E-state index in [2.05, 4.69) is 32.7 Å². The minimum atomic E-state index is 0.212. The monoisotopic (exact) mass is 223 g/mol. The number of hydrogen-bond acceptors (Lipinski definition) is 1. The van der Waals surface area contributed by atoms with Crippen molar-refractivity contribution in [2.75, 3.05) is 6.54 Å². The topological polar surface area (TPSA) is 29.1 Å². The van der Waals surface area contributed by atoms with Gasteiger partial charge in [-0.3, -0.25) is 4.79 Å². The molecule has 0 unspecified atom stereocenters. The Morgan fingerprint density at radius 3 is 2.75 bits per heavy atom. The normalized spacial score (nSPS) is 30.1. The van der Waals surface area contributed by atoms with E-state index in [9.17, 15) is 4.79 Å². The molecule has 0 aromatic heterocycles. The number of carbonyl (C=O) groups excluding carboxylic acids is 1. The van der Waals surface area contributed by atoms with Crippen molar-refractivity contribution in [1.82, 2.24) is 5.32 Å². The van der Waals surface area contributed by atoms with Crippen molar-refractivity contribution in [2.45, 2.75) is 40.0 Å². The summed E-state index contributed by atoms with van der Waals surface area (Å²) < 4.78 is 0. The lowest BCUT2D eigenvalue weighted by molar-refractivity contribution is -0.129. The zero-order valence-electron chi connectivity index (χ0n) is 10.8. The predicted octanol–water partition coefficient (Wildman–Crippen LogP) is 3.00. The molecule has 1 aliphatic rings. The average Bonchev–Trinajstić information content (AvgIpc) is 2.25. The highest BCUT2D eigenvalue weighted by atomic mass is 16.1. The van der Waals surface area contributed by atoms with Crippen LogP contribution in [0.15, 0.2) is 12.7 Å². The Bertz CT molecular complexity index is 247. The Morgan fingerprint density at radius 2 is 2.19 bits per heavy atom. The zero-order chi connectivity index (χ0) is 12.1. The van der Waals surface area contributed by atoms with E-state index in [0.717, 1.165) is 6.42 Å². The van der Waals surface area contributed by atoms with Gasteiger partial charge in [0.15, 0.2) is 0 Å². The molecular formula is C14H25NO. The molecule has 2 nitrogen and oxygen atoms in total. The summed E-state index contributed by atoms with van der Waals surface area (Å²) in [5.74, 6) is 2.29. The van der Waals surface area contributed by atoms with E-state index in [0.29, 0.717) is 24.3 Å². The summed E-state index contributed by atoms with van der Waals surface area (Å²) in [7, 11) is 0. The number of nitrogens with one attached hydrogen (secondary N) is 1. The Balaban J connectivity index is 2.63. The number of rotatable bonds is 4. The summed E-state index contributed by atoms with van der Waals surface area (Å²) in [6, 6.07) is 0. The Kier molecular flexibility index (Phi) is 5.04. The quantitative estimate of drug-likeness (QED) is 0.729. The molecule has 16 heavy (non-hydrogen) atoms. The smallest absolute Gasteiger partial charge is 0.223 e. The third kappa shape index (κ3) is 3.36. The van der Waals surface area contributed by atoms with Crippen LogP contribution in [0.1, 0.15) is 40.0 Å². The Labute approximate surface area is 99.5 Å². The zero-order valence-corrected chi connectivity index (χ0v) is 10.8. The SMILES string of the molecule is C=CCNC(=O)[C@H]1C[C@H](C)CC[C@H]1C(C)C. The average molecular weight is 223 g/mol. The molecule has 0 aliphatic heterocycles. The summed E-state index contributed by atoms with van der Waals surface area (Å²) in [4.78, 5) is 12.1. The van der Waals surface area contributed by atoms with Crippen LogP contribution >= 0.6 is 0 Å². The number of amides is 1. The molecule has 0 aromatic rings. The molecule has 3 atom stereocenters. The van der Waals surface area contributed by atoms with Gasteiger partial charge in [0.2, 0.25) is 5.91 Å². The van der Waals surface area contributed by atoms with Crippen LogP contribution in [0.5, 0.6) is 0 Å². The van der Waals surface area contributed by atoms with Gasteiger partial charge in [-0.15, -0.1) is 6.58 Å². The highest BCUT2D eigenvalue weighted by Crippen LogP contribution is 2.37. The predicted molar refractivity (Wildman–Crippen MR) is 68.0 cm³/mol. The summed E-state index contributed by atoms with van der Waals surface area (Å²) in [6.45, 7) is 10.9. The van der Waals surface area contributed by atoms with Crippen molar-refractivity contribution in [1.29, 1.82) is 0 Å². The third-order valence-corrected chi connectivity index (χ3v) is 3.78. The van der Waals surface area contributed by atoms with Crippen molar-refractivity contribution in [3.63, 3.8) is 0 Å². The van der Waals surface area contributed by atoms with Crippen LogP contribution in [-0.2, 0) is 4.79 Å². The maximum atomic E-state index is 12.1. The summed E-state index contributed by atoms with van der Waals surface area (Å²) >= 11 is 0. The molecule has 92 valence electrons. The molecule has 0 radical (unpaired) electrons. The van der Waals surface area contributed by atoms with Gasteiger partial charge in [0.25, 0.3) is 0 Å². The second-order valence-corrected chi connectivity index (χ2v) is 5.47. The molecule has 2 heteroatoms. The van der Waals surface area contributed by atoms with Crippen LogP contribution in [0.3, 0.4) is 0 Å². The summed E-state index contributed by atoms with van der Waals surface area (Å²) in [6.07, 6.45) is 5.26. The fourth-order valence-electron chi connectivity index (χ4n) is 2.81. The third-order valence-electron chi connectivity index (χ3n) is 3.78. The first-order valence-electron chi connectivity index (χ1n) is 6.44. The van der Waals surface area contributed by atoms with Gasteiger partial charge < -0.3 is 5.32 Å². The van der Waals surface area contributed by atoms with Crippen molar-refractivity contribution >= 4 is 5.91 Å². The lowest BCUT2D eigenvalue weighted by atomic mass is 9.70. The molecular weight excluding hydrogens is 198 g/mol. The fraction of sp³-hybridized carbons (Fsp3) is 0.786. The minimum Gasteiger partial charge on any atom is -0.352 e. The second-order valence-electron chi connectivity index (χ2n) is 5.47. The first kappa shape index (κ1) is 13.3. The molecule has 1 saturated carbocycles. The molecule has 1 aliphatic carbocycles. The van der Waals surface area contributed by atoms with Gasteiger partial charge in [0.1, 0.15) is 0 Å². The largest absolute Gasteiger partial charge is 0.352 e. The van der Waals surface area contributed by atoms with Gasteiger partial charge in [-0.25, -0.2) is 0 Å². The fourth-order valence-corrected chi connectivity index (χ4v) is 2.81. The number of hydrogen-bond donors (Lipinski definition) is 1. The van der Waals surface area contributed by atoms with E-state index >= 15 is 0 Å². The van der Waals surface area contributed by atoms with Gasteiger partial charge in [0, 0.05) is 12.5 Å². The van der Waals surface area contributed by atoms with Gasteiger partial charge >= 0.3 is 0 Å². The van der Waals surface area contributed by atoms with Gasteiger partial charge in [0.05, 0.1) is 0 Å². The second kappa shape index (κ2) is 6.07. The van der Waals surface area contributed by atoms with Crippen molar-refractivity contribution < 1.29 is 4.79 Å².